The van der Waals surface area contributed by atoms with Gasteiger partial charge in [0.2, 0.25) is 5.91 Å². The second-order valence-corrected chi connectivity index (χ2v) is 2.24. The predicted octanol–water partition coefficient (Wildman–Crippen LogP) is -0.904. The van der Waals surface area contributed by atoms with Gasteiger partial charge in [-0.1, -0.05) is 0 Å². The van der Waals surface area contributed by atoms with Crippen LogP contribution in [0, 0.1) is 0 Å². The Balaban J connectivity index is 2.28. The van der Waals surface area contributed by atoms with Crippen LogP contribution in [0.25, 0.3) is 0 Å². The predicted molar refractivity (Wildman–Crippen MR) is 39.1 cm³/mol. The summed E-state index contributed by atoms with van der Waals surface area (Å²) in [6.45, 7) is 0. The fourth-order valence-corrected chi connectivity index (χ4v) is 0.870. The lowest BCUT2D eigenvalue weighted by atomic mass is 10.2. The van der Waals surface area contributed by atoms with Crippen LogP contribution in [0.2, 0.25) is 0 Å². The van der Waals surface area contributed by atoms with Crippen LogP contribution in [0.15, 0.2) is 17.5 Å². The highest BCUT2D eigenvalue weighted by Crippen LogP contribution is 2.00. The minimum absolute atomic E-state index is 0.141. The quantitative estimate of drug-likeness (QED) is 0.581. The van der Waals surface area contributed by atoms with Gasteiger partial charge in [-0.05, 0) is 0 Å². The summed E-state index contributed by atoms with van der Waals surface area (Å²) in [6, 6.07) is 0. The molecule has 1 aromatic rings. The van der Waals surface area contributed by atoms with E-state index in [2.05, 4.69) is 25.7 Å². The molecule has 2 rings (SSSR count). The maximum atomic E-state index is 10.7. The summed E-state index contributed by atoms with van der Waals surface area (Å²) in [5.41, 5.74) is 2.84. The highest BCUT2D eigenvalue weighted by Gasteiger charge is 2.18. The molecule has 6 nitrogen and oxygen atoms in total. The minimum atomic E-state index is -0.141. The topological polar surface area (TPSA) is 80.1 Å². The van der Waals surface area contributed by atoms with Gasteiger partial charge >= 0.3 is 0 Å². The lowest BCUT2D eigenvalue weighted by Crippen LogP contribution is -2.10. The molecule has 12 heavy (non-hydrogen) atoms. The fourth-order valence-electron chi connectivity index (χ4n) is 0.870. The Morgan fingerprint density at radius 2 is 2.33 bits per heavy atom. The van der Waals surface area contributed by atoms with Gasteiger partial charge in [0.05, 0.1) is 12.6 Å². The van der Waals surface area contributed by atoms with E-state index in [0.717, 1.165) is 0 Å². The van der Waals surface area contributed by atoms with E-state index in [9.17, 15) is 4.79 Å². The molecule has 0 aromatic carbocycles. The number of hydrazone groups is 1. The number of aromatic nitrogens is 3. The van der Waals surface area contributed by atoms with Crippen molar-refractivity contribution >= 4 is 11.6 Å². The lowest BCUT2D eigenvalue weighted by molar-refractivity contribution is -0.119. The van der Waals surface area contributed by atoms with E-state index in [1.807, 2.05) is 0 Å². The van der Waals surface area contributed by atoms with E-state index >= 15 is 0 Å². The first kappa shape index (κ1) is 6.84. The molecule has 0 spiro atoms. The Labute approximate surface area is 67.7 Å². The van der Waals surface area contributed by atoms with E-state index in [4.69, 9.17) is 0 Å². The average molecular weight is 163 g/mol. The highest BCUT2D eigenvalue weighted by molar-refractivity contribution is 6.11. The molecule has 0 saturated heterocycles. The Hall–Kier alpha value is -1.85. The minimum Gasteiger partial charge on any atom is -0.273 e. The Morgan fingerprint density at radius 1 is 1.42 bits per heavy atom. The van der Waals surface area contributed by atoms with Gasteiger partial charge in [0.1, 0.15) is 5.71 Å². The van der Waals surface area contributed by atoms with Gasteiger partial charge < -0.3 is 0 Å². The van der Waals surface area contributed by atoms with Crippen LogP contribution in [0.4, 0.5) is 0 Å². The number of carbonyl (C=O) groups excluding carboxylic acids is 1. The largest absolute Gasteiger partial charge is 0.273 e. The normalized spacial score (nSPS) is 15.7. The zero-order chi connectivity index (χ0) is 8.39. The van der Waals surface area contributed by atoms with E-state index in [1.54, 1.807) is 0 Å². The first-order valence-corrected chi connectivity index (χ1v) is 3.36. The van der Waals surface area contributed by atoms with Gasteiger partial charge in [0.25, 0.3) is 0 Å². The lowest BCUT2D eigenvalue weighted by Gasteiger charge is -1.91. The number of carbonyl (C=O) groups is 1. The number of nitrogens with zero attached hydrogens (tertiary/aromatic N) is 4. The van der Waals surface area contributed by atoms with E-state index < -0.39 is 0 Å². The molecule has 1 N–H and O–H groups in total. The number of nitrogens with one attached hydrogen (secondary N) is 1. The molecule has 0 aliphatic carbocycles. The van der Waals surface area contributed by atoms with Gasteiger partial charge in [0, 0.05) is 6.20 Å². The summed E-state index contributed by atoms with van der Waals surface area (Å²) in [6.07, 6.45) is 3.20. The second kappa shape index (κ2) is 2.65. The number of hydrogen-bond acceptors (Lipinski definition) is 5. The smallest absolute Gasteiger partial charge is 0.246 e. The van der Waals surface area contributed by atoms with Crippen molar-refractivity contribution in [3.63, 3.8) is 0 Å². The maximum absolute atomic E-state index is 10.7. The number of hydrogen-bond donors (Lipinski definition) is 1. The summed E-state index contributed by atoms with van der Waals surface area (Å²) in [5.74, 6) is 0.258. The molecule has 1 aromatic heterocycles. The fraction of sp³-hybridized carbons (Fsp3) is 0.167. The Bertz CT molecular complexity index is 333. The van der Waals surface area contributed by atoms with E-state index in [1.165, 1.54) is 12.4 Å². The average Bonchev–Trinajstić information content (AvgIpc) is 2.54. The van der Waals surface area contributed by atoms with Crippen molar-refractivity contribution in [2.24, 2.45) is 5.10 Å². The van der Waals surface area contributed by atoms with Crippen LogP contribution < -0.4 is 5.43 Å². The van der Waals surface area contributed by atoms with Crippen molar-refractivity contribution in [1.82, 2.24) is 20.6 Å². The Morgan fingerprint density at radius 3 is 2.92 bits per heavy atom. The van der Waals surface area contributed by atoms with Crippen molar-refractivity contribution < 1.29 is 4.79 Å². The Kier molecular flexibility index (Phi) is 1.51. The second-order valence-electron chi connectivity index (χ2n) is 2.24. The van der Waals surface area contributed by atoms with Crippen LogP contribution in [0.5, 0.6) is 0 Å². The third kappa shape index (κ3) is 1.14. The molecule has 0 fully saturated rings. The zero-order valence-electron chi connectivity index (χ0n) is 6.06. The molecule has 0 saturated carbocycles. The molecule has 2 heterocycles. The van der Waals surface area contributed by atoms with Crippen molar-refractivity contribution in [2.45, 2.75) is 6.42 Å². The summed E-state index contributed by atoms with van der Waals surface area (Å²) in [7, 11) is 0. The molecule has 0 unspecified atom stereocenters. The van der Waals surface area contributed by atoms with E-state index in [-0.39, 0.29) is 12.3 Å². The summed E-state index contributed by atoms with van der Waals surface area (Å²) in [5, 5.41) is 11.1. The summed E-state index contributed by atoms with van der Waals surface area (Å²) < 4.78 is 0. The summed E-state index contributed by atoms with van der Waals surface area (Å²) >= 11 is 0. The number of rotatable bonds is 1. The molecule has 0 bridgehead atoms. The molecule has 1 amide bonds. The van der Waals surface area contributed by atoms with Gasteiger partial charge in [-0.15, -0.1) is 5.10 Å². The van der Waals surface area contributed by atoms with Crippen LogP contribution in [-0.4, -0.2) is 26.8 Å². The summed E-state index contributed by atoms with van der Waals surface area (Å²) in [4.78, 5) is 14.6. The van der Waals surface area contributed by atoms with Crippen LogP contribution in [0.3, 0.4) is 0 Å². The van der Waals surface area contributed by atoms with Crippen molar-refractivity contribution in [2.75, 3.05) is 0 Å². The van der Waals surface area contributed by atoms with E-state index in [0.29, 0.717) is 11.5 Å². The zero-order valence-corrected chi connectivity index (χ0v) is 6.06. The number of amides is 1. The molecule has 0 radical (unpaired) electrons. The standard InChI is InChI=1S/C6H5N5O/c12-5-3-4(9-10-5)6-7-1-2-8-11-6/h1-2H,3H2,(H,10,12). The molecule has 60 valence electrons. The van der Waals surface area contributed by atoms with Crippen LogP contribution in [0.1, 0.15) is 12.2 Å². The molecule has 6 heteroatoms. The first-order chi connectivity index (χ1) is 5.86. The highest BCUT2D eigenvalue weighted by atomic mass is 16.2. The van der Waals surface area contributed by atoms with Gasteiger partial charge in [-0.3, -0.25) is 4.79 Å². The SMILES string of the molecule is O=C1CC(c2nccnn2)=NN1. The monoisotopic (exact) mass is 163 g/mol. The molecule has 0 atom stereocenters. The van der Waals surface area contributed by atoms with Gasteiger partial charge in [0.15, 0.2) is 5.82 Å². The third-order valence-corrected chi connectivity index (χ3v) is 1.38. The van der Waals surface area contributed by atoms with Gasteiger partial charge in [-0.2, -0.15) is 10.2 Å². The molecule has 1 aliphatic heterocycles. The van der Waals surface area contributed by atoms with Crippen LogP contribution >= 0.6 is 0 Å². The third-order valence-electron chi connectivity index (χ3n) is 1.38. The first-order valence-electron chi connectivity index (χ1n) is 3.36. The van der Waals surface area contributed by atoms with Gasteiger partial charge in [-0.25, -0.2) is 10.4 Å². The van der Waals surface area contributed by atoms with Crippen molar-refractivity contribution in [3.8, 4) is 0 Å². The molecular weight excluding hydrogens is 158 g/mol. The maximum Gasteiger partial charge on any atom is 0.246 e. The van der Waals surface area contributed by atoms with Crippen molar-refractivity contribution in [3.05, 3.63) is 18.2 Å². The van der Waals surface area contributed by atoms with Crippen molar-refractivity contribution in [1.29, 1.82) is 0 Å². The molecule has 1 aliphatic rings. The molecular formula is C6H5N5O. The van der Waals surface area contributed by atoms with Crippen LogP contribution in [-0.2, 0) is 4.79 Å².